The number of esters is 1. The van der Waals surface area contributed by atoms with E-state index in [-0.39, 0.29) is 5.97 Å². The van der Waals surface area contributed by atoms with Gasteiger partial charge >= 0.3 is 11.9 Å². The number of carboxylic acid groups (broad SMARTS) is 1. The molecule has 0 radical (unpaired) electrons. The number of hydrogen-bond acceptors (Lipinski definition) is 4. The molecule has 7 heteroatoms. The molecule has 2 atom stereocenters. The molecule has 160 valence electrons. The predicted octanol–water partition coefficient (Wildman–Crippen LogP) is 5.60. The van der Waals surface area contributed by atoms with Crippen LogP contribution in [0.3, 0.4) is 0 Å². The van der Waals surface area contributed by atoms with Gasteiger partial charge in [-0.2, -0.15) is 0 Å². The van der Waals surface area contributed by atoms with Gasteiger partial charge in [-0.1, -0.05) is 26.7 Å². The molecule has 0 spiro atoms. The Kier molecular flexibility index (Phi) is 9.96. The Morgan fingerprint density at radius 1 is 0.889 bits per heavy atom. The highest BCUT2D eigenvalue weighted by molar-refractivity contribution is 6.84. The summed E-state index contributed by atoms with van der Waals surface area (Å²) in [4.78, 5) is 24.1. The molecular formula is C20H42O5Si2. The van der Waals surface area contributed by atoms with Gasteiger partial charge in [0.15, 0.2) is 8.32 Å². The number of hydrogen-bond donors (Lipinski definition) is 1. The summed E-state index contributed by atoms with van der Waals surface area (Å²) in [6.45, 7) is 18.3. The van der Waals surface area contributed by atoms with Crippen LogP contribution in [0.5, 0.6) is 0 Å². The summed E-state index contributed by atoms with van der Waals surface area (Å²) in [6, 6.07) is 0. The minimum atomic E-state index is -2.02. The topological polar surface area (TPSA) is 72.8 Å². The van der Waals surface area contributed by atoms with E-state index in [1.54, 1.807) is 6.92 Å². The molecule has 0 bridgehead atoms. The predicted molar refractivity (Wildman–Crippen MR) is 116 cm³/mol. The maximum absolute atomic E-state index is 12.7. The standard InChI is InChI=1S/C20H42O5Si2/c1-10-19(3,17(21)22)14-12-13-15-20(4,11-2)18(23)24-16-27(8,9)25-26(5,6)7/h10-16H2,1-9H3,(H,21,22). The lowest BCUT2D eigenvalue weighted by Gasteiger charge is -2.33. The van der Waals surface area contributed by atoms with Crippen LogP contribution in [0.4, 0.5) is 0 Å². The van der Waals surface area contributed by atoms with Gasteiger partial charge in [0.1, 0.15) is 6.23 Å². The van der Waals surface area contributed by atoms with Crippen LogP contribution in [0.25, 0.3) is 0 Å². The number of ether oxygens (including phenoxy) is 1. The average Bonchev–Trinajstić information content (AvgIpc) is 2.53. The van der Waals surface area contributed by atoms with E-state index in [9.17, 15) is 14.7 Å². The molecule has 0 aliphatic heterocycles. The molecule has 0 aliphatic carbocycles. The molecule has 0 saturated heterocycles. The molecule has 0 aromatic heterocycles. The normalized spacial score (nSPS) is 17.1. The first-order valence-electron chi connectivity index (χ1n) is 10.2. The first kappa shape index (κ1) is 26.3. The highest BCUT2D eigenvalue weighted by atomic mass is 28.4. The van der Waals surface area contributed by atoms with Gasteiger partial charge in [-0.25, -0.2) is 0 Å². The van der Waals surface area contributed by atoms with Crippen LogP contribution in [0, 0.1) is 10.8 Å². The lowest BCUT2D eigenvalue weighted by atomic mass is 9.79. The van der Waals surface area contributed by atoms with E-state index >= 15 is 0 Å². The van der Waals surface area contributed by atoms with Crippen molar-refractivity contribution in [3.05, 3.63) is 0 Å². The Morgan fingerprint density at radius 2 is 1.33 bits per heavy atom. The maximum Gasteiger partial charge on any atom is 0.311 e. The lowest BCUT2D eigenvalue weighted by molar-refractivity contribution is -0.154. The third-order valence-corrected chi connectivity index (χ3v) is 10.9. The zero-order valence-corrected chi connectivity index (χ0v) is 21.0. The lowest BCUT2D eigenvalue weighted by Crippen LogP contribution is -2.47. The second kappa shape index (κ2) is 10.2. The van der Waals surface area contributed by atoms with Crippen LogP contribution in [-0.4, -0.2) is 39.9 Å². The van der Waals surface area contributed by atoms with Crippen molar-refractivity contribution >= 4 is 28.6 Å². The van der Waals surface area contributed by atoms with E-state index in [0.29, 0.717) is 25.5 Å². The van der Waals surface area contributed by atoms with Crippen LogP contribution in [0.1, 0.15) is 66.2 Å². The van der Waals surface area contributed by atoms with Crippen LogP contribution >= 0.6 is 0 Å². The maximum atomic E-state index is 12.7. The molecule has 0 saturated carbocycles. The zero-order valence-electron chi connectivity index (χ0n) is 19.0. The van der Waals surface area contributed by atoms with Crippen molar-refractivity contribution in [3.63, 3.8) is 0 Å². The number of rotatable bonds is 13. The number of unbranched alkanes of at least 4 members (excludes halogenated alkanes) is 1. The molecule has 1 N–H and O–H groups in total. The molecule has 27 heavy (non-hydrogen) atoms. The Balaban J connectivity index is 4.65. The van der Waals surface area contributed by atoms with Crippen molar-refractivity contribution in [2.24, 2.45) is 10.8 Å². The van der Waals surface area contributed by atoms with E-state index in [4.69, 9.17) is 8.85 Å². The van der Waals surface area contributed by atoms with Gasteiger partial charge in [0.2, 0.25) is 8.32 Å². The van der Waals surface area contributed by atoms with Gasteiger partial charge in [0, 0.05) is 0 Å². The van der Waals surface area contributed by atoms with E-state index in [1.165, 1.54) is 0 Å². The molecule has 0 fully saturated rings. The summed E-state index contributed by atoms with van der Waals surface area (Å²) >= 11 is 0. The second-order valence-corrected chi connectivity index (χ2v) is 18.7. The smallest absolute Gasteiger partial charge is 0.311 e. The van der Waals surface area contributed by atoms with E-state index in [2.05, 4.69) is 32.7 Å². The van der Waals surface area contributed by atoms with E-state index in [0.717, 1.165) is 19.3 Å². The number of carbonyl (C=O) groups is 2. The molecule has 0 aromatic carbocycles. The summed E-state index contributed by atoms with van der Waals surface area (Å²) in [5.74, 6) is -0.890. The molecule has 2 unspecified atom stereocenters. The Hall–Kier alpha value is -0.666. The zero-order chi connectivity index (χ0) is 21.5. The van der Waals surface area contributed by atoms with Crippen molar-refractivity contribution < 1.29 is 23.5 Å². The number of carbonyl (C=O) groups excluding carboxylic acids is 1. The third kappa shape index (κ3) is 9.39. The minimum absolute atomic E-state index is 0.152. The molecule has 0 rings (SSSR count). The van der Waals surface area contributed by atoms with Gasteiger partial charge in [-0.3, -0.25) is 9.59 Å². The SMILES string of the molecule is CCC(C)(CCCCC(C)(CC)C(=O)OC[Si](C)(C)O[Si](C)(C)C)C(=O)O. The monoisotopic (exact) mass is 418 g/mol. The first-order valence-corrected chi connectivity index (χ1v) is 16.7. The van der Waals surface area contributed by atoms with Crippen LogP contribution in [0.15, 0.2) is 0 Å². The average molecular weight is 419 g/mol. The summed E-state index contributed by atoms with van der Waals surface area (Å²) in [7, 11) is -3.67. The third-order valence-electron chi connectivity index (χ3n) is 5.41. The fourth-order valence-corrected chi connectivity index (χ4v) is 10.5. The fourth-order valence-electron chi connectivity index (χ4n) is 3.16. The Labute approximate surface area is 168 Å². The molecular weight excluding hydrogens is 376 g/mol. The van der Waals surface area contributed by atoms with Crippen LogP contribution < -0.4 is 0 Å². The van der Waals surface area contributed by atoms with Gasteiger partial charge in [0.25, 0.3) is 0 Å². The van der Waals surface area contributed by atoms with Gasteiger partial charge < -0.3 is 14.0 Å². The van der Waals surface area contributed by atoms with Gasteiger partial charge in [-0.15, -0.1) is 0 Å². The quantitative estimate of drug-likeness (QED) is 0.239. The number of aliphatic carboxylic acids is 1. The largest absolute Gasteiger partial charge is 0.481 e. The van der Waals surface area contributed by atoms with Gasteiger partial charge in [-0.05, 0) is 72.3 Å². The molecule has 0 amide bonds. The van der Waals surface area contributed by atoms with E-state index < -0.39 is 33.4 Å². The van der Waals surface area contributed by atoms with Crippen molar-refractivity contribution in [1.82, 2.24) is 0 Å². The van der Waals surface area contributed by atoms with Gasteiger partial charge in [0.05, 0.1) is 10.8 Å². The number of carboxylic acids is 1. The summed E-state index contributed by atoms with van der Waals surface area (Å²) in [5.41, 5.74) is -1.19. The second-order valence-electron chi connectivity index (χ2n) is 9.89. The molecule has 0 aliphatic rings. The van der Waals surface area contributed by atoms with Crippen molar-refractivity contribution in [2.75, 3.05) is 6.23 Å². The van der Waals surface area contributed by atoms with E-state index in [1.807, 2.05) is 20.8 Å². The molecule has 0 heterocycles. The van der Waals surface area contributed by atoms with Crippen molar-refractivity contribution in [1.29, 1.82) is 0 Å². The molecule has 5 nitrogen and oxygen atoms in total. The van der Waals surface area contributed by atoms with Crippen LogP contribution in [-0.2, 0) is 18.4 Å². The Morgan fingerprint density at radius 3 is 1.70 bits per heavy atom. The Bertz CT molecular complexity index is 501. The molecule has 0 aromatic rings. The first-order chi connectivity index (χ1) is 12.1. The summed E-state index contributed by atoms with van der Waals surface area (Å²) < 4.78 is 11.9. The summed E-state index contributed by atoms with van der Waals surface area (Å²) in [6.07, 6.45) is 4.71. The van der Waals surface area contributed by atoms with Crippen LogP contribution in [0.2, 0.25) is 32.7 Å². The van der Waals surface area contributed by atoms with Crippen molar-refractivity contribution in [3.8, 4) is 0 Å². The minimum Gasteiger partial charge on any atom is -0.481 e. The van der Waals surface area contributed by atoms with Crippen molar-refractivity contribution in [2.45, 2.75) is 99.0 Å². The fraction of sp³-hybridized carbons (Fsp3) is 0.900. The highest BCUT2D eigenvalue weighted by Gasteiger charge is 2.37. The highest BCUT2D eigenvalue weighted by Crippen LogP contribution is 2.33. The summed E-state index contributed by atoms with van der Waals surface area (Å²) in [5, 5.41) is 9.37.